The molecule has 84 valence electrons. The van der Waals surface area contributed by atoms with Crippen LogP contribution in [0.15, 0.2) is 24.3 Å². The fraction of sp³-hybridized carbons (Fsp3) is 0.308. The SMILES string of the molecule is CCc1c(C)nn(-c2ccc(Cl)cc2)c1C. The van der Waals surface area contributed by atoms with Crippen molar-refractivity contribution < 1.29 is 0 Å². The molecule has 2 aromatic rings. The smallest absolute Gasteiger partial charge is 0.0649 e. The van der Waals surface area contributed by atoms with E-state index in [1.807, 2.05) is 28.9 Å². The Bertz CT molecular complexity index is 497. The number of nitrogens with zero attached hydrogens (tertiary/aromatic N) is 2. The molecule has 0 spiro atoms. The standard InChI is InChI=1S/C13H15ClN2/c1-4-13-9(2)15-16(10(13)3)12-7-5-11(14)6-8-12/h5-8H,4H2,1-3H3. The Balaban J connectivity index is 2.52. The topological polar surface area (TPSA) is 17.8 Å². The number of rotatable bonds is 2. The summed E-state index contributed by atoms with van der Waals surface area (Å²) in [6, 6.07) is 7.75. The zero-order chi connectivity index (χ0) is 11.7. The summed E-state index contributed by atoms with van der Waals surface area (Å²) in [7, 11) is 0. The Kier molecular flexibility index (Phi) is 3.01. The normalized spacial score (nSPS) is 10.8. The number of hydrogen-bond acceptors (Lipinski definition) is 1. The zero-order valence-electron chi connectivity index (χ0n) is 9.79. The summed E-state index contributed by atoms with van der Waals surface area (Å²) in [6.07, 6.45) is 1.02. The van der Waals surface area contributed by atoms with Crippen LogP contribution < -0.4 is 0 Å². The molecule has 1 heterocycles. The van der Waals surface area contributed by atoms with Gasteiger partial charge in [0.05, 0.1) is 11.4 Å². The number of hydrogen-bond donors (Lipinski definition) is 0. The lowest BCUT2D eigenvalue weighted by Gasteiger charge is -2.04. The largest absolute Gasteiger partial charge is 0.238 e. The molecular formula is C13H15ClN2. The van der Waals surface area contributed by atoms with E-state index in [-0.39, 0.29) is 0 Å². The second kappa shape index (κ2) is 4.30. The molecule has 3 heteroatoms. The van der Waals surface area contributed by atoms with E-state index < -0.39 is 0 Å². The van der Waals surface area contributed by atoms with Gasteiger partial charge in [0.15, 0.2) is 0 Å². The van der Waals surface area contributed by atoms with Crippen molar-refractivity contribution in [2.24, 2.45) is 0 Å². The summed E-state index contributed by atoms with van der Waals surface area (Å²) in [5.74, 6) is 0. The molecule has 0 saturated heterocycles. The fourth-order valence-electron chi connectivity index (χ4n) is 2.02. The second-order valence-electron chi connectivity index (χ2n) is 3.89. The van der Waals surface area contributed by atoms with Crippen LogP contribution in [0.1, 0.15) is 23.9 Å². The van der Waals surface area contributed by atoms with Gasteiger partial charge in [-0.3, -0.25) is 0 Å². The van der Waals surface area contributed by atoms with Crippen LogP contribution in [-0.4, -0.2) is 9.78 Å². The van der Waals surface area contributed by atoms with Crippen LogP contribution in [0, 0.1) is 13.8 Å². The molecule has 0 radical (unpaired) electrons. The highest BCUT2D eigenvalue weighted by atomic mass is 35.5. The zero-order valence-corrected chi connectivity index (χ0v) is 10.5. The third-order valence-electron chi connectivity index (χ3n) is 2.87. The van der Waals surface area contributed by atoms with E-state index >= 15 is 0 Å². The lowest BCUT2D eigenvalue weighted by atomic mass is 10.1. The molecule has 0 aliphatic rings. The van der Waals surface area contributed by atoms with Crippen LogP contribution in [0.3, 0.4) is 0 Å². The van der Waals surface area contributed by atoms with Crippen molar-refractivity contribution in [2.45, 2.75) is 27.2 Å². The van der Waals surface area contributed by atoms with E-state index in [0.717, 1.165) is 22.8 Å². The van der Waals surface area contributed by atoms with Gasteiger partial charge >= 0.3 is 0 Å². The van der Waals surface area contributed by atoms with E-state index in [4.69, 9.17) is 11.6 Å². The van der Waals surface area contributed by atoms with E-state index in [9.17, 15) is 0 Å². The molecule has 0 saturated carbocycles. The van der Waals surface area contributed by atoms with Crippen molar-refractivity contribution in [3.63, 3.8) is 0 Å². The van der Waals surface area contributed by atoms with E-state index in [1.165, 1.54) is 11.3 Å². The van der Waals surface area contributed by atoms with Gasteiger partial charge in [-0.1, -0.05) is 18.5 Å². The summed E-state index contributed by atoms with van der Waals surface area (Å²) in [5.41, 5.74) is 4.71. The van der Waals surface area contributed by atoms with Gasteiger partial charge in [-0.15, -0.1) is 0 Å². The van der Waals surface area contributed by atoms with Crippen LogP contribution in [0.4, 0.5) is 0 Å². The van der Waals surface area contributed by atoms with Gasteiger partial charge in [0, 0.05) is 10.7 Å². The minimum atomic E-state index is 0.751. The Morgan fingerprint density at radius 1 is 1.19 bits per heavy atom. The maximum atomic E-state index is 5.87. The number of benzene rings is 1. The maximum absolute atomic E-state index is 5.87. The molecule has 2 nitrogen and oxygen atoms in total. The molecule has 0 atom stereocenters. The van der Waals surface area contributed by atoms with Crippen molar-refractivity contribution in [3.8, 4) is 5.69 Å². The lowest BCUT2D eigenvalue weighted by molar-refractivity contribution is 0.832. The summed E-state index contributed by atoms with van der Waals surface area (Å²) >= 11 is 5.87. The molecule has 0 unspecified atom stereocenters. The van der Waals surface area contributed by atoms with Crippen LogP contribution in [0.5, 0.6) is 0 Å². The monoisotopic (exact) mass is 234 g/mol. The summed E-state index contributed by atoms with van der Waals surface area (Å²) < 4.78 is 1.98. The number of halogens is 1. The van der Waals surface area contributed by atoms with Crippen molar-refractivity contribution in [1.29, 1.82) is 0 Å². The highest BCUT2D eigenvalue weighted by Crippen LogP contribution is 2.19. The van der Waals surface area contributed by atoms with Crippen molar-refractivity contribution in [3.05, 3.63) is 46.2 Å². The van der Waals surface area contributed by atoms with Gasteiger partial charge in [-0.05, 0) is 50.1 Å². The quantitative estimate of drug-likeness (QED) is 0.775. The molecule has 16 heavy (non-hydrogen) atoms. The van der Waals surface area contributed by atoms with Gasteiger partial charge in [-0.25, -0.2) is 4.68 Å². The first-order valence-electron chi connectivity index (χ1n) is 5.44. The second-order valence-corrected chi connectivity index (χ2v) is 4.33. The molecule has 0 aliphatic heterocycles. The molecule has 0 N–H and O–H groups in total. The van der Waals surface area contributed by atoms with Crippen molar-refractivity contribution in [2.75, 3.05) is 0 Å². The van der Waals surface area contributed by atoms with Gasteiger partial charge < -0.3 is 0 Å². The Morgan fingerprint density at radius 2 is 1.81 bits per heavy atom. The van der Waals surface area contributed by atoms with Crippen LogP contribution in [0.25, 0.3) is 5.69 Å². The average Bonchev–Trinajstić information content (AvgIpc) is 2.55. The van der Waals surface area contributed by atoms with Crippen LogP contribution >= 0.6 is 11.6 Å². The molecule has 0 fully saturated rings. The number of aromatic nitrogens is 2. The first-order valence-corrected chi connectivity index (χ1v) is 5.82. The fourth-order valence-corrected chi connectivity index (χ4v) is 2.15. The predicted octanol–water partition coefficient (Wildman–Crippen LogP) is 3.70. The third kappa shape index (κ3) is 1.85. The molecular weight excluding hydrogens is 220 g/mol. The molecule has 1 aromatic heterocycles. The van der Waals surface area contributed by atoms with E-state index in [0.29, 0.717) is 0 Å². The van der Waals surface area contributed by atoms with Crippen molar-refractivity contribution >= 4 is 11.6 Å². The van der Waals surface area contributed by atoms with E-state index in [2.05, 4.69) is 25.9 Å². The van der Waals surface area contributed by atoms with Gasteiger partial charge in [0.2, 0.25) is 0 Å². The molecule has 0 aliphatic carbocycles. The minimum absolute atomic E-state index is 0.751. The van der Waals surface area contributed by atoms with Gasteiger partial charge in [-0.2, -0.15) is 5.10 Å². The van der Waals surface area contributed by atoms with Gasteiger partial charge in [0.1, 0.15) is 0 Å². The molecule has 0 amide bonds. The average molecular weight is 235 g/mol. The summed E-state index contributed by atoms with van der Waals surface area (Å²) in [5, 5.41) is 5.31. The maximum Gasteiger partial charge on any atom is 0.0649 e. The minimum Gasteiger partial charge on any atom is -0.238 e. The number of aryl methyl sites for hydroxylation is 1. The van der Waals surface area contributed by atoms with Crippen molar-refractivity contribution in [1.82, 2.24) is 9.78 Å². The Labute approximate surface area is 101 Å². The highest BCUT2D eigenvalue weighted by molar-refractivity contribution is 6.30. The predicted molar refractivity (Wildman–Crippen MR) is 67.4 cm³/mol. The van der Waals surface area contributed by atoms with Crippen LogP contribution in [-0.2, 0) is 6.42 Å². The third-order valence-corrected chi connectivity index (χ3v) is 3.12. The first-order chi connectivity index (χ1) is 7.63. The molecule has 2 rings (SSSR count). The summed E-state index contributed by atoms with van der Waals surface area (Å²) in [4.78, 5) is 0. The van der Waals surface area contributed by atoms with E-state index in [1.54, 1.807) is 0 Å². The van der Waals surface area contributed by atoms with Gasteiger partial charge in [0.25, 0.3) is 0 Å². The first kappa shape index (κ1) is 11.2. The molecule has 0 bridgehead atoms. The van der Waals surface area contributed by atoms with Crippen LogP contribution in [0.2, 0.25) is 5.02 Å². The Hall–Kier alpha value is -1.28. The lowest BCUT2D eigenvalue weighted by Crippen LogP contribution is -1.99. The molecule has 1 aromatic carbocycles. The summed E-state index contributed by atoms with van der Waals surface area (Å²) in [6.45, 7) is 6.31. The Morgan fingerprint density at radius 3 is 2.31 bits per heavy atom. The highest BCUT2D eigenvalue weighted by Gasteiger charge is 2.10.